The fraction of sp³-hybridized carbons (Fsp3) is 0.562. The normalized spacial score (nSPS) is 28.4. The average molecular weight is 240 g/mol. The van der Waals surface area contributed by atoms with Gasteiger partial charge in [-0.3, -0.25) is 4.90 Å². The maximum absolute atomic E-state index is 9.73. The van der Waals surface area contributed by atoms with Gasteiger partial charge in [-0.2, -0.15) is 5.26 Å². The Balaban J connectivity index is 1.88. The van der Waals surface area contributed by atoms with Crippen LogP contribution in [0.25, 0.3) is 0 Å². The Labute approximate surface area is 109 Å². The van der Waals surface area contributed by atoms with Crippen LogP contribution in [-0.4, -0.2) is 23.5 Å². The van der Waals surface area contributed by atoms with E-state index >= 15 is 0 Å². The van der Waals surface area contributed by atoms with E-state index in [4.69, 9.17) is 0 Å². The van der Waals surface area contributed by atoms with E-state index in [0.29, 0.717) is 0 Å². The molecule has 1 aliphatic carbocycles. The highest BCUT2D eigenvalue weighted by atomic mass is 15.2. The third kappa shape index (κ3) is 1.93. The second kappa shape index (κ2) is 4.74. The van der Waals surface area contributed by atoms with Gasteiger partial charge in [-0.25, -0.2) is 0 Å². The van der Waals surface area contributed by atoms with Gasteiger partial charge >= 0.3 is 0 Å². The van der Waals surface area contributed by atoms with Gasteiger partial charge in [0, 0.05) is 6.42 Å². The Morgan fingerprint density at radius 3 is 2.50 bits per heavy atom. The summed E-state index contributed by atoms with van der Waals surface area (Å²) in [5.74, 6) is 0. The van der Waals surface area contributed by atoms with Gasteiger partial charge in [0.25, 0.3) is 0 Å². The molecule has 0 N–H and O–H groups in total. The van der Waals surface area contributed by atoms with Crippen molar-refractivity contribution < 1.29 is 0 Å². The van der Waals surface area contributed by atoms with Crippen molar-refractivity contribution in [3.63, 3.8) is 0 Å². The van der Waals surface area contributed by atoms with Crippen LogP contribution >= 0.6 is 0 Å². The molecule has 1 heterocycles. The maximum atomic E-state index is 9.73. The molecule has 2 heteroatoms. The summed E-state index contributed by atoms with van der Waals surface area (Å²) in [6.45, 7) is 2.21. The number of rotatable bonds is 1. The van der Waals surface area contributed by atoms with Crippen LogP contribution in [0.2, 0.25) is 0 Å². The van der Waals surface area contributed by atoms with E-state index in [1.54, 1.807) is 0 Å². The number of nitrogens with zero attached hydrogens (tertiary/aromatic N) is 2. The molecule has 1 fully saturated rings. The molecule has 94 valence electrons. The van der Waals surface area contributed by atoms with E-state index in [9.17, 15) is 5.26 Å². The Morgan fingerprint density at radius 2 is 1.78 bits per heavy atom. The van der Waals surface area contributed by atoms with E-state index in [2.05, 4.69) is 35.2 Å². The lowest BCUT2D eigenvalue weighted by Gasteiger charge is -2.43. The summed E-state index contributed by atoms with van der Waals surface area (Å²) < 4.78 is 0. The molecule has 1 aromatic rings. The number of piperidine rings is 1. The zero-order valence-electron chi connectivity index (χ0n) is 10.9. The molecule has 0 amide bonds. The minimum absolute atomic E-state index is 0.227. The van der Waals surface area contributed by atoms with E-state index in [-0.39, 0.29) is 5.54 Å². The fourth-order valence-corrected chi connectivity index (χ4v) is 3.48. The molecule has 0 aromatic heterocycles. The first-order valence-corrected chi connectivity index (χ1v) is 7.07. The topological polar surface area (TPSA) is 27.0 Å². The van der Waals surface area contributed by atoms with Gasteiger partial charge in [-0.15, -0.1) is 0 Å². The summed E-state index contributed by atoms with van der Waals surface area (Å²) in [7, 11) is 0. The number of likely N-dealkylation sites (tertiary alicyclic amines) is 1. The van der Waals surface area contributed by atoms with Crippen molar-refractivity contribution in [1.29, 1.82) is 5.26 Å². The SMILES string of the molecule is N#CC1(N2CCCCC2)CCc2ccccc2C1. The van der Waals surface area contributed by atoms with Crippen molar-refractivity contribution in [3.8, 4) is 6.07 Å². The van der Waals surface area contributed by atoms with Crippen molar-refractivity contribution in [2.75, 3.05) is 13.1 Å². The molecule has 0 saturated carbocycles. The van der Waals surface area contributed by atoms with E-state index < -0.39 is 0 Å². The quantitative estimate of drug-likeness (QED) is 0.754. The average Bonchev–Trinajstić information content (AvgIpc) is 2.47. The van der Waals surface area contributed by atoms with Gasteiger partial charge < -0.3 is 0 Å². The van der Waals surface area contributed by atoms with Gasteiger partial charge in [0.15, 0.2) is 0 Å². The van der Waals surface area contributed by atoms with Gasteiger partial charge in [0.2, 0.25) is 0 Å². The van der Waals surface area contributed by atoms with Crippen LogP contribution in [0.5, 0.6) is 0 Å². The molecular weight excluding hydrogens is 220 g/mol. The zero-order chi connectivity index (χ0) is 12.4. The lowest BCUT2D eigenvalue weighted by atomic mass is 9.77. The number of fused-ring (bicyclic) bond motifs is 1. The monoisotopic (exact) mass is 240 g/mol. The molecule has 1 unspecified atom stereocenters. The molecule has 1 saturated heterocycles. The predicted octanol–water partition coefficient (Wildman–Crippen LogP) is 2.92. The lowest BCUT2D eigenvalue weighted by molar-refractivity contribution is 0.0975. The zero-order valence-corrected chi connectivity index (χ0v) is 10.9. The molecule has 1 atom stereocenters. The Morgan fingerprint density at radius 1 is 1.06 bits per heavy atom. The molecule has 0 bridgehead atoms. The van der Waals surface area contributed by atoms with E-state index in [1.807, 2.05) is 0 Å². The summed E-state index contributed by atoms with van der Waals surface area (Å²) in [5.41, 5.74) is 2.60. The van der Waals surface area contributed by atoms with Crippen LogP contribution < -0.4 is 0 Å². The Bertz CT molecular complexity index is 468. The summed E-state index contributed by atoms with van der Waals surface area (Å²) in [6, 6.07) is 11.3. The predicted molar refractivity (Wildman–Crippen MR) is 72.2 cm³/mol. The number of hydrogen-bond donors (Lipinski definition) is 0. The number of benzene rings is 1. The molecule has 1 aliphatic heterocycles. The molecule has 2 nitrogen and oxygen atoms in total. The minimum Gasteiger partial charge on any atom is -0.285 e. The molecule has 2 aliphatic rings. The van der Waals surface area contributed by atoms with Crippen LogP contribution in [0.4, 0.5) is 0 Å². The van der Waals surface area contributed by atoms with Crippen LogP contribution in [0.1, 0.15) is 36.8 Å². The second-order valence-electron chi connectivity index (χ2n) is 5.64. The number of hydrogen-bond acceptors (Lipinski definition) is 2. The van der Waals surface area contributed by atoms with Crippen LogP contribution in [0, 0.1) is 11.3 Å². The lowest BCUT2D eigenvalue weighted by Crippen LogP contribution is -2.53. The van der Waals surface area contributed by atoms with Crippen molar-refractivity contribution in [2.45, 2.75) is 44.1 Å². The Hall–Kier alpha value is -1.33. The molecule has 18 heavy (non-hydrogen) atoms. The maximum Gasteiger partial charge on any atom is 0.113 e. The van der Waals surface area contributed by atoms with Gasteiger partial charge in [-0.05, 0) is 49.9 Å². The summed E-state index contributed by atoms with van der Waals surface area (Å²) in [4.78, 5) is 2.45. The summed E-state index contributed by atoms with van der Waals surface area (Å²) in [6.07, 6.45) is 6.81. The van der Waals surface area contributed by atoms with Gasteiger partial charge in [-0.1, -0.05) is 30.7 Å². The molecule has 0 radical (unpaired) electrons. The number of aryl methyl sites for hydroxylation is 1. The highest BCUT2D eigenvalue weighted by Crippen LogP contribution is 2.34. The first-order valence-electron chi connectivity index (χ1n) is 7.07. The van der Waals surface area contributed by atoms with Gasteiger partial charge in [0.05, 0.1) is 6.07 Å². The third-order valence-electron chi connectivity index (χ3n) is 4.58. The van der Waals surface area contributed by atoms with Crippen molar-refractivity contribution in [1.82, 2.24) is 4.90 Å². The second-order valence-corrected chi connectivity index (χ2v) is 5.64. The minimum atomic E-state index is -0.227. The molecular formula is C16H20N2. The van der Waals surface area contributed by atoms with Crippen LogP contribution in [0.15, 0.2) is 24.3 Å². The van der Waals surface area contributed by atoms with E-state index in [0.717, 1.165) is 32.4 Å². The molecule has 3 rings (SSSR count). The van der Waals surface area contributed by atoms with Crippen LogP contribution in [-0.2, 0) is 12.8 Å². The first kappa shape index (κ1) is 11.7. The smallest absolute Gasteiger partial charge is 0.113 e. The van der Waals surface area contributed by atoms with Crippen molar-refractivity contribution in [3.05, 3.63) is 35.4 Å². The van der Waals surface area contributed by atoms with E-state index in [1.165, 1.54) is 30.4 Å². The fourth-order valence-electron chi connectivity index (χ4n) is 3.48. The summed E-state index contributed by atoms with van der Waals surface area (Å²) in [5, 5.41) is 9.73. The van der Waals surface area contributed by atoms with Crippen LogP contribution in [0.3, 0.4) is 0 Å². The van der Waals surface area contributed by atoms with Crippen molar-refractivity contribution in [2.24, 2.45) is 0 Å². The first-order chi connectivity index (χ1) is 8.84. The molecule has 1 aromatic carbocycles. The summed E-state index contributed by atoms with van der Waals surface area (Å²) >= 11 is 0. The largest absolute Gasteiger partial charge is 0.285 e. The van der Waals surface area contributed by atoms with Gasteiger partial charge in [0.1, 0.15) is 5.54 Å². The van der Waals surface area contributed by atoms with Crippen molar-refractivity contribution >= 4 is 0 Å². The Kier molecular flexibility index (Phi) is 3.09. The number of nitriles is 1. The third-order valence-corrected chi connectivity index (χ3v) is 4.58. The highest BCUT2D eigenvalue weighted by molar-refractivity contribution is 5.35. The molecule has 0 spiro atoms. The highest BCUT2D eigenvalue weighted by Gasteiger charge is 2.40. The standard InChI is InChI=1S/C16H20N2/c17-13-16(18-10-4-1-5-11-18)9-8-14-6-2-3-7-15(14)12-16/h2-3,6-7H,1,4-5,8-12H2.